The number of aliphatic carboxylic acids is 1. The number of carbonyl (C=O) groups excluding carboxylic acids is 2. The molecule has 2 heterocycles. The number of amides is 2. The predicted octanol–water partition coefficient (Wildman–Crippen LogP) is 2.34. The average molecular weight is 477 g/mol. The van der Waals surface area contributed by atoms with Gasteiger partial charge in [-0.25, -0.2) is 4.79 Å². The molecule has 5 rings (SSSR count). The largest absolute Gasteiger partial charge is 0.481 e. The molecular weight excluding hydrogens is 454 g/mol. The lowest BCUT2D eigenvalue weighted by molar-refractivity contribution is -0.143. The molecule has 180 valence electrons. The highest BCUT2D eigenvalue weighted by molar-refractivity contribution is 5.92. The molecule has 1 aromatic heterocycles. The molecule has 2 aliphatic rings. The van der Waals surface area contributed by atoms with Gasteiger partial charge in [-0.3, -0.25) is 20.0 Å². The number of ether oxygens (including phenoxy) is 2. The van der Waals surface area contributed by atoms with Crippen LogP contribution in [0.5, 0.6) is 0 Å². The van der Waals surface area contributed by atoms with Gasteiger partial charge in [0, 0.05) is 19.0 Å². The maximum absolute atomic E-state index is 12.8. The van der Waals surface area contributed by atoms with E-state index in [2.05, 4.69) is 32.6 Å². The fourth-order valence-electron chi connectivity index (χ4n) is 4.43. The molecule has 3 N–H and O–H groups in total. The fourth-order valence-corrected chi connectivity index (χ4v) is 4.43. The number of carbonyl (C=O) groups is 3. The van der Waals surface area contributed by atoms with Gasteiger partial charge in [0.05, 0.1) is 19.1 Å². The average Bonchev–Trinajstić information content (AvgIpc) is 3.35. The molecule has 1 aliphatic carbocycles. The van der Waals surface area contributed by atoms with Gasteiger partial charge in [-0.05, 0) is 22.3 Å². The summed E-state index contributed by atoms with van der Waals surface area (Å²) in [4.78, 5) is 41.9. The van der Waals surface area contributed by atoms with Gasteiger partial charge in [0.1, 0.15) is 6.61 Å². The van der Waals surface area contributed by atoms with Gasteiger partial charge in [0.2, 0.25) is 5.82 Å². The molecule has 1 aliphatic heterocycles. The maximum Gasteiger partial charge on any atom is 0.414 e. The summed E-state index contributed by atoms with van der Waals surface area (Å²) in [5.74, 6) is -2.74. The summed E-state index contributed by atoms with van der Waals surface area (Å²) in [6, 6.07) is 16.0. The molecule has 35 heavy (non-hydrogen) atoms. The van der Waals surface area contributed by atoms with E-state index < -0.39 is 23.9 Å². The number of hydrogen-bond donors (Lipinski definition) is 3. The fraction of sp³-hybridized carbons (Fsp3) is 0.292. The molecule has 11 nitrogen and oxygen atoms in total. The first-order chi connectivity index (χ1) is 17.0. The number of carboxylic acids is 1. The van der Waals surface area contributed by atoms with E-state index in [1.54, 1.807) is 0 Å². The summed E-state index contributed by atoms with van der Waals surface area (Å²) in [7, 11) is 0. The first kappa shape index (κ1) is 22.5. The molecule has 1 saturated heterocycles. The maximum atomic E-state index is 12.8. The molecule has 1 unspecified atom stereocenters. The van der Waals surface area contributed by atoms with Crippen LogP contribution in [-0.2, 0) is 14.3 Å². The number of fused-ring (bicyclic) bond motifs is 3. The van der Waals surface area contributed by atoms with E-state index in [1.807, 2.05) is 36.4 Å². The van der Waals surface area contributed by atoms with E-state index in [-0.39, 0.29) is 50.6 Å². The third-order valence-electron chi connectivity index (χ3n) is 6.15. The Hall–Kier alpha value is -4.25. The van der Waals surface area contributed by atoms with Crippen molar-refractivity contribution in [2.24, 2.45) is 5.92 Å². The molecule has 2 amide bonds. The van der Waals surface area contributed by atoms with Crippen molar-refractivity contribution in [1.82, 2.24) is 20.1 Å². The summed E-state index contributed by atoms with van der Waals surface area (Å²) < 4.78 is 10.7. The van der Waals surface area contributed by atoms with E-state index in [9.17, 15) is 19.5 Å². The van der Waals surface area contributed by atoms with Crippen LogP contribution in [0.15, 0.2) is 48.5 Å². The lowest BCUT2D eigenvalue weighted by atomic mass is 9.98. The van der Waals surface area contributed by atoms with Crippen molar-refractivity contribution >= 4 is 23.9 Å². The number of aromatic amines is 1. The number of carboxylic acid groups (broad SMARTS) is 1. The first-order valence-electron chi connectivity index (χ1n) is 11.2. The molecule has 2 aromatic carbocycles. The molecule has 0 bridgehead atoms. The van der Waals surface area contributed by atoms with Crippen molar-refractivity contribution in [2.45, 2.75) is 5.92 Å². The zero-order valence-corrected chi connectivity index (χ0v) is 18.6. The van der Waals surface area contributed by atoms with Gasteiger partial charge < -0.3 is 19.5 Å². The smallest absolute Gasteiger partial charge is 0.414 e. The SMILES string of the molecule is O=C(Nc1n[nH]c(C(=O)N2CCOCC(C(=O)O)C2)n1)OCC1c2ccccc2-c2ccccc21. The van der Waals surface area contributed by atoms with Crippen molar-refractivity contribution in [3.05, 3.63) is 65.5 Å². The summed E-state index contributed by atoms with van der Waals surface area (Å²) in [6.07, 6.45) is -0.751. The number of hydrogen-bond acceptors (Lipinski definition) is 7. The lowest BCUT2D eigenvalue weighted by Gasteiger charge is -2.20. The summed E-state index contributed by atoms with van der Waals surface area (Å²) in [6.45, 7) is 0.585. The summed E-state index contributed by atoms with van der Waals surface area (Å²) >= 11 is 0. The number of H-pyrrole nitrogens is 1. The number of aromatic nitrogens is 3. The van der Waals surface area contributed by atoms with Gasteiger partial charge >= 0.3 is 12.1 Å². The van der Waals surface area contributed by atoms with Crippen molar-refractivity contribution in [1.29, 1.82) is 0 Å². The van der Waals surface area contributed by atoms with Gasteiger partial charge in [0.15, 0.2) is 0 Å². The zero-order valence-electron chi connectivity index (χ0n) is 18.6. The van der Waals surface area contributed by atoms with Crippen molar-refractivity contribution in [3.8, 4) is 11.1 Å². The van der Waals surface area contributed by atoms with Crippen molar-refractivity contribution < 1.29 is 29.0 Å². The highest BCUT2D eigenvalue weighted by Crippen LogP contribution is 2.44. The molecule has 0 spiro atoms. The topological polar surface area (TPSA) is 147 Å². The van der Waals surface area contributed by atoms with Gasteiger partial charge in [0.25, 0.3) is 11.9 Å². The van der Waals surface area contributed by atoms with E-state index in [1.165, 1.54) is 4.90 Å². The van der Waals surface area contributed by atoms with Crippen LogP contribution in [0.2, 0.25) is 0 Å². The zero-order chi connectivity index (χ0) is 24.4. The molecule has 1 fully saturated rings. The molecule has 11 heteroatoms. The second-order valence-electron chi connectivity index (χ2n) is 8.32. The van der Waals surface area contributed by atoms with E-state index in [0.717, 1.165) is 22.3 Å². The second-order valence-corrected chi connectivity index (χ2v) is 8.32. The summed E-state index contributed by atoms with van der Waals surface area (Å²) in [5, 5.41) is 18.0. The standard InChI is InChI=1S/C24H23N5O6/c30-21(29-9-10-34-12-14(11-29)22(31)32)20-25-23(28-27-20)26-24(33)35-13-19-17-7-3-1-5-15(17)16-6-2-4-8-18(16)19/h1-8,14,19H,9-13H2,(H,31,32)(H2,25,26,27,28,33). The van der Waals surface area contributed by atoms with Gasteiger partial charge in [-0.15, -0.1) is 5.10 Å². The highest BCUT2D eigenvalue weighted by Gasteiger charge is 2.30. The molecular formula is C24H23N5O6. The Bertz CT molecular complexity index is 1230. The number of anilines is 1. The third kappa shape index (κ3) is 4.58. The normalized spacial score (nSPS) is 17.3. The van der Waals surface area contributed by atoms with Crippen LogP contribution < -0.4 is 5.32 Å². The minimum absolute atomic E-state index is 0.00991. The predicted molar refractivity (Wildman–Crippen MR) is 123 cm³/mol. The van der Waals surface area contributed by atoms with Crippen molar-refractivity contribution in [3.63, 3.8) is 0 Å². The van der Waals surface area contributed by atoms with E-state index in [4.69, 9.17) is 9.47 Å². The number of nitrogens with zero attached hydrogens (tertiary/aromatic N) is 3. The third-order valence-corrected chi connectivity index (χ3v) is 6.15. The van der Waals surface area contributed by atoms with Gasteiger partial charge in [-0.2, -0.15) is 4.98 Å². The second kappa shape index (κ2) is 9.55. The number of benzene rings is 2. The van der Waals surface area contributed by atoms with Crippen LogP contribution in [0, 0.1) is 5.92 Å². The molecule has 1 atom stereocenters. The molecule has 3 aromatic rings. The van der Waals surface area contributed by atoms with Crippen LogP contribution in [0.4, 0.5) is 10.7 Å². The Balaban J connectivity index is 1.21. The van der Waals surface area contributed by atoms with Crippen LogP contribution in [-0.4, -0.2) is 76.1 Å². The first-order valence-corrected chi connectivity index (χ1v) is 11.2. The quantitative estimate of drug-likeness (QED) is 0.507. The minimum atomic E-state index is -1.04. The van der Waals surface area contributed by atoms with Crippen molar-refractivity contribution in [2.75, 3.05) is 38.2 Å². The Morgan fingerprint density at radius 2 is 1.80 bits per heavy atom. The van der Waals surface area contributed by atoms with E-state index >= 15 is 0 Å². The molecule has 0 radical (unpaired) electrons. The highest BCUT2D eigenvalue weighted by atomic mass is 16.5. The van der Waals surface area contributed by atoms with Gasteiger partial charge in [-0.1, -0.05) is 48.5 Å². The van der Waals surface area contributed by atoms with Crippen LogP contribution in [0.3, 0.4) is 0 Å². The number of nitrogens with one attached hydrogen (secondary N) is 2. The Morgan fingerprint density at radius 3 is 2.49 bits per heavy atom. The van der Waals surface area contributed by atoms with Crippen LogP contribution >= 0.6 is 0 Å². The number of rotatable bonds is 5. The Kier molecular flexibility index (Phi) is 6.15. The lowest BCUT2D eigenvalue weighted by Crippen LogP contribution is -2.38. The minimum Gasteiger partial charge on any atom is -0.481 e. The molecule has 0 saturated carbocycles. The van der Waals surface area contributed by atoms with Crippen LogP contribution in [0.25, 0.3) is 11.1 Å². The monoisotopic (exact) mass is 477 g/mol. The Labute approximate surface area is 200 Å². The Morgan fingerprint density at radius 1 is 1.11 bits per heavy atom. The van der Waals surface area contributed by atoms with Crippen LogP contribution in [0.1, 0.15) is 27.7 Å². The van der Waals surface area contributed by atoms with E-state index in [0.29, 0.717) is 0 Å². The summed E-state index contributed by atoms with van der Waals surface area (Å²) in [5.41, 5.74) is 4.43.